The first-order chi connectivity index (χ1) is 6.79. The van der Waals surface area contributed by atoms with Gasteiger partial charge in [0.2, 0.25) is 0 Å². The summed E-state index contributed by atoms with van der Waals surface area (Å²) in [6, 6.07) is 0. The molecule has 5 heteroatoms. The normalized spacial score (nSPS) is 10.4. The van der Waals surface area contributed by atoms with Crippen LogP contribution in [0.1, 0.15) is 11.4 Å². The van der Waals surface area contributed by atoms with Gasteiger partial charge < -0.3 is 5.73 Å². The third kappa shape index (κ3) is 1.78. The van der Waals surface area contributed by atoms with Crippen molar-refractivity contribution in [1.29, 1.82) is 0 Å². The van der Waals surface area contributed by atoms with Crippen molar-refractivity contribution < 1.29 is 0 Å². The zero-order chi connectivity index (χ0) is 9.97. The Morgan fingerprint density at radius 2 is 2.21 bits per heavy atom. The Bertz CT molecular complexity index is 421. The van der Waals surface area contributed by atoms with Crippen molar-refractivity contribution in [2.45, 2.75) is 13.5 Å². The van der Waals surface area contributed by atoms with E-state index < -0.39 is 0 Å². The molecule has 0 saturated heterocycles. The van der Waals surface area contributed by atoms with Gasteiger partial charge in [-0.15, -0.1) is 11.3 Å². The second-order valence-corrected chi connectivity index (χ2v) is 3.75. The van der Waals surface area contributed by atoms with E-state index in [2.05, 4.69) is 15.0 Å². The molecule has 2 heterocycles. The summed E-state index contributed by atoms with van der Waals surface area (Å²) in [5.41, 5.74) is 8.08. The van der Waals surface area contributed by atoms with Crippen molar-refractivity contribution in [3.63, 3.8) is 0 Å². The van der Waals surface area contributed by atoms with E-state index in [-0.39, 0.29) is 0 Å². The summed E-state index contributed by atoms with van der Waals surface area (Å²) in [5.74, 6) is 0. The van der Waals surface area contributed by atoms with Crippen LogP contribution in [0.25, 0.3) is 10.7 Å². The van der Waals surface area contributed by atoms with E-state index in [1.807, 2.05) is 12.3 Å². The minimum absolute atomic E-state index is 0.468. The summed E-state index contributed by atoms with van der Waals surface area (Å²) in [5, 5.41) is 2.81. The molecule has 2 rings (SSSR count). The second-order valence-electron chi connectivity index (χ2n) is 2.89. The van der Waals surface area contributed by atoms with Gasteiger partial charge in [0.05, 0.1) is 17.6 Å². The van der Waals surface area contributed by atoms with Gasteiger partial charge in [-0.05, 0) is 6.92 Å². The molecule has 0 unspecified atom stereocenters. The second kappa shape index (κ2) is 3.81. The number of aromatic nitrogens is 3. The number of nitrogens with zero attached hydrogens (tertiary/aromatic N) is 3. The summed E-state index contributed by atoms with van der Waals surface area (Å²) in [4.78, 5) is 12.7. The van der Waals surface area contributed by atoms with Gasteiger partial charge in [-0.2, -0.15) is 0 Å². The molecule has 14 heavy (non-hydrogen) atoms. The average molecular weight is 206 g/mol. The topological polar surface area (TPSA) is 64.7 Å². The molecule has 0 amide bonds. The highest BCUT2D eigenvalue weighted by atomic mass is 32.1. The number of aryl methyl sites for hydroxylation is 1. The third-order valence-electron chi connectivity index (χ3n) is 1.76. The predicted octanol–water partition coefficient (Wildman–Crippen LogP) is 1.37. The number of rotatable bonds is 2. The molecule has 2 aromatic rings. The molecule has 0 aliphatic carbocycles. The van der Waals surface area contributed by atoms with E-state index >= 15 is 0 Å². The van der Waals surface area contributed by atoms with E-state index in [0.717, 1.165) is 22.1 Å². The van der Waals surface area contributed by atoms with Gasteiger partial charge in [0.1, 0.15) is 10.7 Å². The molecule has 2 aromatic heterocycles. The lowest BCUT2D eigenvalue weighted by molar-refractivity contribution is 1.01. The third-order valence-corrected chi connectivity index (χ3v) is 2.67. The van der Waals surface area contributed by atoms with Crippen molar-refractivity contribution in [1.82, 2.24) is 15.0 Å². The van der Waals surface area contributed by atoms with Gasteiger partial charge in [0, 0.05) is 18.1 Å². The maximum Gasteiger partial charge on any atom is 0.143 e. The van der Waals surface area contributed by atoms with E-state index in [4.69, 9.17) is 5.73 Å². The fourth-order valence-electron chi connectivity index (χ4n) is 1.02. The van der Waals surface area contributed by atoms with Crippen LogP contribution in [-0.4, -0.2) is 15.0 Å². The van der Waals surface area contributed by atoms with E-state index in [0.29, 0.717) is 6.54 Å². The van der Waals surface area contributed by atoms with Crippen LogP contribution in [0, 0.1) is 6.92 Å². The van der Waals surface area contributed by atoms with Gasteiger partial charge in [-0.1, -0.05) is 0 Å². The maximum absolute atomic E-state index is 5.47. The first-order valence-corrected chi connectivity index (χ1v) is 5.11. The minimum Gasteiger partial charge on any atom is -0.325 e. The molecular formula is C9H10N4S. The Balaban J connectivity index is 2.34. The van der Waals surface area contributed by atoms with Gasteiger partial charge in [-0.25, -0.2) is 4.98 Å². The van der Waals surface area contributed by atoms with Crippen LogP contribution in [0.3, 0.4) is 0 Å². The summed E-state index contributed by atoms with van der Waals surface area (Å²) in [6.45, 7) is 2.37. The average Bonchev–Trinajstić information content (AvgIpc) is 2.67. The van der Waals surface area contributed by atoms with Crippen molar-refractivity contribution in [3.8, 4) is 10.7 Å². The molecule has 2 N–H and O–H groups in total. The number of nitrogens with two attached hydrogens (primary N) is 1. The number of hydrogen-bond donors (Lipinski definition) is 1. The first-order valence-electron chi connectivity index (χ1n) is 4.23. The van der Waals surface area contributed by atoms with Crippen molar-refractivity contribution >= 4 is 11.3 Å². The SMILES string of the molecule is Cc1cnc(-c2nc(CN)cs2)cn1. The van der Waals surface area contributed by atoms with Crippen molar-refractivity contribution in [2.75, 3.05) is 0 Å². The zero-order valence-electron chi connectivity index (χ0n) is 7.77. The lowest BCUT2D eigenvalue weighted by atomic mass is 10.4. The van der Waals surface area contributed by atoms with E-state index in [9.17, 15) is 0 Å². The molecule has 0 saturated carbocycles. The zero-order valence-corrected chi connectivity index (χ0v) is 8.58. The Morgan fingerprint density at radius 3 is 2.79 bits per heavy atom. The molecule has 0 aliphatic heterocycles. The highest BCUT2D eigenvalue weighted by Crippen LogP contribution is 2.20. The van der Waals surface area contributed by atoms with Gasteiger partial charge in [0.15, 0.2) is 0 Å². The van der Waals surface area contributed by atoms with Crippen LogP contribution in [0.4, 0.5) is 0 Å². The van der Waals surface area contributed by atoms with Gasteiger partial charge in [-0.3, -0.25) is 9.97 Å². The number of hydrogen-bond acceptors (Lipinski definition) is 5. The van der Waals surface area contributed by atoms with Crippen LogP contribution in [0.5, 0.6) is 0 Å². The number of thiazole rings is 1. The lowest BCUT2D eigenvalue weighted by Crippen LogP contribution is -1.96. The Morgan fingerprint density at radius 1 is 1.36 bits per heavy atom. The largest absolute Gasteiger partial charge is 0.325 e. The molecule has 0 spiro atoms. The predicted molar refractivity (Wildman–Crippen MR) is 55.8 cm³/mol. The Labute approximate surface area is 85.9 Å². The highest BCUT2D eigenvalue weighted by Gasteiger charge is 2.04. The molecule has 72 valence electrons. The molecular weight excluding hydrogens is 196 g/mol. The van der Waals surface area contributed by atoms with Crippen LogP contribution in [0.15, 0.2) is 17.8 Å². The van der Waals surface area contributed by atoms with E-state index in [1.165, 1.54) is 11.3 Å². The Hall–Kier alpha value is -1.33. The van der Waals surface area contributed by atoms with Crippen LogP contribution < -0.4 is 5.73 Å². The smallest absolute Gasteiger partial charge is 0.143 e. The van der Waals surface area contributed by atoms with Crippen molar-refractivity contribution in [2.24, 2.45) is 5.73 Å². The summed E-state index contributed by atoms with van der Waals surface area (Å²) in [7, 11) is 0. The van der Waals surface area contributed by atoms with Gasteiger partial charge >= 0.3 is 0 Å². The molecule has 0 radical (unpaired) electrons. The van der Waals surface area contributed by atoms with E-state index in [1.54, 1.807) is 12.4 Å². The highest BCUT2D eigenvalue weighted by molar-refractivity contribution is 7.13. The maximum atomic E-state index is 5.47. The first kappa shape index (κ1) is 9.23. The summed E-state index contributed by atoms with van der Waals surface area (Å²) in [6.07, 6.45) is 3.47. The van der Waals surface area contributed by atoms with Crippen LogP contribution in [-0.2, 0) is 6.54 Å². The van der Waals surface area contributed by atoms with Gasteiger partial charge in [0.25, 0.3) is 0 Å². The van der Waals surface area contributed by atoms with Crippen LogP contribution in [0.2, 0.25) is 0 Å². The fourth-order valence-corrected chi connectivity index (χ4v) is 1.81. The van der Waals surface area contributed by atoms with Crippen molar-refractivity contribution in [3.05, 3.63) is 29.2 Å². The standard InChI is InChI=1S/C9H10N4S/c1-6-3-12-8(4-11-6)9-13-7(2-10)5-14-9/h3-5H,2,10H2,1H3. The molecule has 0 atom stereocenters. The molecule has 0 aromatic carbocycles. The fraction of sp³-hybridized carbons (Fsp3) is 0.222. The molecule has 4 nitrogen and oxygen atoms in total. The quantitative estimate of drug-likeness (QED) is 0.806. The lowest BCUT2D eigenvalue weighted by Gasteiger charge is -1.94. The molecule has 0 aliphatic rings. The Kier molecular flexibility index (Phi) is 2.51. The van der Waals surface area contributed by atoms with Crippen LogP contribution >= 0.6 is 11.3 Å². The summed E-state index contributed by atoms with van der Waals surface area (Å²) < 4.78 is 0. The monoisotopic (exact) mass is 206 g/mol. The molecule has 0 fully saturated rings. The minimum atomic E-state index is 0.468. The summed E-state index contributed by atoms with van der Waals surface area (Å²) >= 11 is 1.54. The molecule has 0 bridgehead atoms.